The number of thioether (sulfide) groups is 1. The van der Waals surface area contributed by atoms with E-state index in [2.05, 4.69) is 41.8 Å². The van der Waals surface area contributed by atoms with Crippen molar-refractivity contribution in [1.82, 2.24) is 10.2 Å². The highest BCUT2D eigenvalue weighted by Crippen LogP contribution is 2.30. The van der Waals surface area contributed by atoms with Crippen LogP contribution in [-0.4, -0.2) is 53.9 Å². The van der Waals surface area contributed by atoms with Crippen LogP contribution < -0.4 is 10.6 Å². The van der Waals surface area contributed by atoms with Gasteiger partial charge in [-0.25, -0.2) is 0 Å². The lowest BCUT2D eigenvalue weighted by molar-refractivity contribution is -0.136. The molecular weight excluding hydrogens is 406 g/mol. The zero-order valence-electron chi connectivity index (χ0n) is 19.2. The molecule has 1 aromatic rings. The molecular formula is C25H39N3O2S. The minimum atomic E-state index is -0.216. The van der Waals surface area contributed by atoms with Gasteiger partial charge in [-0.2, -0.15) is 11.8 Å². The van der Waals surface area contributed by atoms with Gasteiger partial charge in [0.25, 0.3) is 0 Å². The van der Waals surface area contributed by atoms with Gasteiger partial charge in [0.15, 0.2) is 0 Å². The van der Waals surface area contributed by atoms with Crippen LogP contribution >= 0.6 is 11.8 Å². The Morgan fingerprint density at radius 1 is 1.10 bits per heavy atom. The fourth-order valence-electron chi connectivity index (χ4n) is 4.62. The normalized spacial score (nSPS) is 19.5. The van der Waals surface area contributed by atoms with Crippen molar-refractivity contribution in [3.05, 3.63) is 29.8 Å². The van der Waals surface area contributed by atoms with Crippen LogP contribution in [0.2, 0.25) is 0 Å². The first-order valence-electron chi connectivity index (χ1n) is 12.0. The summed E-state index contributed by atoms with van der Waals surface area (Å²) in [6.07, 6.45) is 7.41. The molecule has 172 valence electrons. The van der Waals surface area contributed by atoms with Crippen molar-refractivity contribution < 1.29 is 9.59 Å². The lowest BCUT2D eigenvalue weighted by Gasteiger charge is -2.30. The van der Waals surface area contributed by atoms with Crippen molar-refractivity contribution in [2.75, 3.05) is 36.5 Å². The molecule has 1 saturated heterocycles. The maximum Gasteiger partial charge on any atom is 0.223 e. The van der Waals surface area contributed by atoms with Crippen LogP contribution in [0.4, 0.5) is 5.69 Å². The van der Waals surface area contributed by atoms with Crippen molar-refractivity contribution in [1.29, 1.82) is 0 Å². The van der Waals surface area contributed by atoms with Gasteiger partial charge < -0.3 is 15.5 Å². The Morgan fingerprint density at radius 3 is 2.45 bits per heavy atom. The highest BCUT2D eigenvalue weighted by molar-refractivity contribution is 7.99. The average molecular weight is 446 g/mol. The van der Waals surface area contributed by atoms with Gasteiger partial charge in [-0.1, -0.05) is 49.8 Å². The Morgan fingerprint density at radius 2 is 1.77 bits per heavy atom. The molecule has 2 atom stereocenters. The summed E-state index contributed by atoms with van der Waals surface area (Å²) in [6, 6.07) is 8.29. The molecule has 31 heavy (non-hydrogen) atoms. The van der Waals surface area contributed by atoms with Crippen molar-refractivity contribution in [3.63, 3.8) is 0 Å². The SMILES string of the molecule is Cc1ccc(NC[C@H](C)NC(=O)[C@@H](CC(=O)N2CCSCC2)CC2CCCCC2)cc1. The molecule has 3 rings (SSSR count). The number of benzene rings is 1. The summed E-state index contributed by atoms with van der Waals surface area (Å²) >= 11 is 1.90. The number of nitrogens with one attached hydrogen (secondary N) is 2. The maximum absolute atomic E-state index is 13.2. The molecule has 0 radical (unpaired) electrons. The maximum atomic E-state index is 13.2. The molecule has 2 fully saturated rings. The van der Waals surface area contributed by atoms with Crippen LogP contribution in [0.25, 0.3) is 0 Å². The largest absolute Gasteiger partial charge is 0.383 e. The van der Waals surface area contributed by atoms with Crippen LogP contribution in [0.3, 0.4) is 0 Å². The van der Waals surface area contributed by atoms with Gasteiger partial charge in [0.1, 0.15) is 0 Å². The molecule has 0 aromatic heterocycles. The summed E-state index contributed by atoms with van der Waals surface area (Å²) in [5.74, 6) is 2.58. The topological polar surface area (TPSA) is 61.4 Å². The third-order valence-electron chi connectivity index (χ3n) is 6.55. The van der Waals surface area contributed by atoms with E-state index in [1.165, 1.54) is 37.7 Å². The number of carbonyl (C=O) groups is 2. The monoisotopic (exact) mass is 445 g/mol. The van der Waals surface area contributed by atoms with Crippen LogP contribution in [0.1, 0.15) is 57.4 Å². The molecule has 0 unspecified atom stereocenters. The van der Waals surface area contributed by atoms with Crippen LogP contribution in [0, 0.1) is 18.8 Å². The number of hydrogen-bond acceptors (Lipinski definition) is 4. The molecule has 2 aliphatic rings. The molecule has 5 nitrogen and oxygen atoms in total. The van der Waals surface area contributed by atoms with Crippen molar-refractivity contribution >= 4 is 29.3 Å². The lowest BCUT2D eigenvalue weighted by atomic mass is 9.81. The highest BCUT2D eigenvalue weighted by atomic mass is 32.2. The van der Waals surface area contributed by atoms with E-state index >= 15 is 0 Å². The zero-order chi connectivity index (χ0) is 22.1. The number of hydrogen-bond donors (Lipinski definition) is 2. The van der Waals surface area contributed by atoms with Crippen molar-refractivity contribution in [2.24, 2.45) is 11.8 Å². The van der Waals surface area contributed by atoms with E-state index in [0.29, 0.717) is 18.9 Å². The fourth-order valence-corrected chi connectivity index (χ4v) is 5.52. The molecule has 1 aliphatic heterocycles. The second kappa shape index (κ2) is 12.4. The third-order valence-corrected chi connectivity index (χ3v) is 7.49. The quantitative estimate of drug-likeness (QED) is 0.589. The summed E-state index contributed by atoms with van der Waals surface area (Å²) in [7, 11) is 0. The van der Waals surface area contributed by atoms with Crippen LogP contribution in [0.5, 0.6) is 0 Å². The molecule has 2 amide bonds. The summed E-state index contributed by atoms with van der Waals surface area (Å²) in [6.45, 7) is 6.40. The first kappa shape index (κ1) is 24.0. The number of carbonyl (C=O) groups excluding carboxylic acids is 2. The standard InChI is InChI=1S/C25H39N3O2S/c1-19-8-10-23(11-9-19)26-18-20(2)27-25(30)22(16-21-6-4-3-5-7-21)17-24(29)28-12-14-31-15-13-28/h8-11,20-22,26H,3-7,12-18H2,1-2H3,(H,27,30)/t20-,22+/m0/s1. The lowest BCUT2D eigenvalue weighted by Crippen LogP contribution is -2.44. The predicted octanol–water partition coefficient (Wildman–Crippen LogP) is 4.46. The van der Waals surface area contributed by atoms with Crippen LogP contribution in [-0.2, 0) is 9.59 Å². The first-order valence-corrected chi connectivity index (χ1v) is 13.1. The minimum Gasteiger partial charge on any atom is -0.383 e. The minimum absolute atomic E-state index is 0.00384. The van der Waals surface area contributed by atoms with Gasteiger partial charge in [0.05, 0.1) is 0 Å². The van der Waals surface area contributed by atoms with E-state index in [1.54, 1.807) is 0 Å². The Balaban J connectivity index is 1.54. The van der Waals surface area contributed by atoms with Gasteiger partial charge in [-0.3, -0.25) is 9.59 Å². The van der Waals surface area contributed by atoms with E-state index in [-0.39, 0.29) is 23.8 Å². The molecule has 1 saturated carbocycles. The molecule has 0 bridgehead atoms. The molecule has 0 spiro atoms. The molecule has 6 heteroatoms. The first-order chi connectivity index (χ1) is 15.0. The Kier molecular flexibility index (Phi) is 9.56. The second-order valence-electron chi connectivity index (χ2n) is 9.29. The Bertz CT molecular complexity index is 697. The van der Waals surface area contributed by atoms with Gasteiger partial charge >= 0.3 is 0 Å². The number of aryl methyl sites for hydroxylation is 1. The van der Waals surface area contributed by atoms with E-state index in [1.807, 2.05) is 23.6 Å². The summed E-state index contributed by atoms with van der Waals surface area (Å²) in [5, 5.41) is 6.58. The van der Waals surface area contributed by atoms with Gasteiger partial charge in [-0.15, -0.1) is 0 Å². The average Bonchev–Trinajstić information content (AvgIpc) is 2.79. The number of anilines is 1. The number of nitrogens with zero attached hydrogens (tertiary/aromatic N) is 1. The zero-order valence-corrected chi connectivity index (χ0v) is 20.0. The van der Waals surface area contributed by atoms with E-state index in [9.17, 15) is 9.59 Å². The van der Waals surface area contributed by atoms with Gasteiger partial charge in [0.2, 0.25) is 11.8 Å². The highest BCUT2D eigenvalue weighted by Gasteiger charge is 2.29. The van der Waals surface area contributed by atoms with E-state index in [0.717, 1.165) is 36.7 Å². The molecule has 2 N–H and O–H groups in total. The summed E-state index contributed by atoms with van der Waals surface area (Å²) in [5.41, 5.74) is 2.29. The van der Waals surface area contributed by atoms with Crippen molar-refractivity contribution in [2.45, 2.75) is 64.8 Å². The summed E-state index contributed by atoms with van der Waals surface area (Å²) < 4.78 is 0. The third kappa shape index (κ3) is 8.06. The van der Waals surface area contributed by atoms with Gasteiger partial charge in [-0.05, 0) is 38.3 Å². The Hall–Kier alpha value is -1.69. The summed E-state index contributed by atoms with van der Waals surface area (Å²) in [4.78, 5) is 28.0. The van der Waals surface area contributed by atoms with Crippen molar-refractivity contribution in [3.8, 4) is 0 Å². The fraction of sp³-hybridized carbons (Fsp3) is 0.680. The van der Waals surface area contributed by atoms with Crippen LogP contribution in [0.15, 0.2) is 24.3 Å². The number of rotatable bonds is 9. The van der Waals surface area contributed by atoms with E-state index < -0.39 is 0 Å². The Labute approximate surface area is 192 Å². The molecule has 1 aromatic carbocycles. The second-order valence-corrected chi connectivity index (χ2v) is 10.5. The van der Waals surface area contributed by atoms with E-state index in [4.69, 9.17) is 0 Å². The smallest absolute Gasteiger partial charge is 0.223 e. The predicted molar refractivity (Wildman–Crippen MR) is 130 cm³/mol. The number of amides is 2. The molecule has 1 aliphatic carbocycles. The molecule has 1 heterocycles. The van der Waals surface area contributed by atoms with Gasteiger partial charge in [0, 0.05) is 55.2 Å².